The molecular weight excluding hydrogens is 464 g/mol. The maximum Gasteiger partial charge on any atom is 0.378 e. The zero-order chi connectivity index (χ0) is 22.9. The van der Waals surface area contributed by atoms with Crippen molar-refractivity contribution in [2.45, 2.75) is 37.3 Å². The maximum atomic E-state index is 13.2. The van der Waals surface area contributed by atoms with Gasteiger partial charge in [-0.3, -0.25) is 14.4 Å². The maximum absolute atomic E-state index is 13.2. The van der Waals surface area contributed by atoms with Crippen LogP contribution >= 0.6 is 23.8 Å². The van der Waals surface area contributed by atoms with Gasteiger partial charge in [-0.15, -0.1) is 0 Å². The second-order valence-electron chi connectivity index (χ2n) is 7.10. The fraction of sp³-hybridized carbons (Fsp3) is 0.350. The van der Waals surface area contributed by atoms with Gasteiger partial charge in [0.25, 0.3) is 12.2 Å². The highest BCUT2D eigenvalue weighted by atomic mass is 35.5. The number of nitrogens with one attached hydrogen (secondary N) is 1. The molecule has 0 radical (unpaired) electrons. The largest absolute Gasteiger partial charge is 0.425 e. The molecule has 1 amide bonds. The molecule has 3 heterocycles. The number of esters is 3. The molecule has 3 aliphatic heterocycles. The molecule has 2 unspecified atom stereocenters. The average molecular weight is 481 g/mol. The number of benzene rings is 1. The summed E-state index contributed by atoms with van der Waals surface area (Å²) in [7, 11) is 0. The number of cyclic esters (lactones) is 2. The number of hydroxylamine groups is 2. The summed E-state index contributed by atoms with van der Waals surface area (Å²) in [5.41, 5.74) is -0.257. The van der Waals surface area contributed by atoms with Gasteiger partial charge in [-0.05, 0) is 6.07 Å². The lowest BCUT2D eigenvalue weighted by molar-refractivity contribution is -0.266. The van der Waals surface area contributed by atoms with Crippen molar-refractivity contribution in [2.75, 3.05) is 6.61 Å². The van der Waals surface area contributed by atoms with Crippen LogP contribution in [0.5, 0.6) is 0 Å². The highest BCUT2D eigenvalue weighted by molar-refractivity contribution is 7.80. The molecule has 1 aromatic carbocycles. The summed E-state index contributed by atoms with van der Waals surface area (Å²) in [6.45, 7) is -0.155. The van der Waals surface area contributed by atoms with Crippen LogP contribution in [-0.4, -0.2) is 52.2 Å². The summed E-state index contributed by atoms with van der Waals surface area (Å²) in [6, 6.07) is 5.49. The molecular formula is C20H17ClN2O8S. The Labute approximate surface area is 192 Å². The van der Waals surface area contributed by atoms with Crippen LogP contribution in [0.2, 0.25) is 0 Å². The van der Waals surface area contributed by atoms with E-state index in [2.05, 4.69) is 5.32 Å². The first-order valence-electron chi connectivity index (χ1n) is 9.60. The third-order valence-electron chi connectivity index (χ3n) is 5.06. The molecule has 0 aliphatic carbocycles. The van der Waals surface area contributed by atoms with Crippen molar-refractivity contribution in [3.63, 3.8) is 0 Å². The van der Waals surface area contributed by atoms with E-state index in [9.17, 15) is 19.2 Å². The Morgan fingerprint density at radius 3 is 2.84 bits per heavy atom. The SMILES string of the molecule is O=C1CCC(C(=O)OC2OC(=O)c3ccccc32)(N2OC[C@H](NC(=S)C/C=C\Cl)C2=O)O1. The molecule has 1 N–H and O–H groups in total. The number of rotatable bonds is 6. The van der Waals surface area contributed by atoms with Gasteiger partial charge in [-0.25, -0.2) is 9.59 Å². The molecule has 10 nitrogen and oxygen atoms in total. The predicted octanol–water partition coefficient (Wildman–Crippen LogP) is 1.63. The Hall–Kier alpha value is -3.02. The van der Waals surface area contributed by atoms with Gasteiger partial charge in [0.1, 0.15) is 12.6 Å². The van der Waals surface area contributed by atoms with Crippen LogP contribution in [0.3, 0.4) is 0 Å². The quantitative estimate of drug-likeness (QED) is 0.475. The Morgan fingerprint density at radius 1 is 1.34 bits per heavy atom. The minimum absolute atomic E-state index is 0.139. The van der Waals surface area contributed by atoms with Crippen LogP contribution in [0.15, 0.2) is 35.9 Å². The molecule has 0 bridgehead atoms. The van der Waals surface area contributed by atoms with Crippen molar-refractivity contribution in [1.29, 1.82) is 0 Å². The van der Waals surface area contributed by atoms with Crippen LogP contribution in [0.1, 0.15) is 41.5 Å². The Balaban J connectivity index is 1.53. The molecule has 0 saturated carbocycles. The van der Waals surface area contributed by atoms with Crippen LogP contribution < -0.4 is 5.32 Å². The minimum atomic E-state index is -2.15. The lowest BCUT2D eigenvalue weighted by Gasteiger charge is -2.33. The van der Waals surface area contributed by atoms with E-state index >= 15 is 0 Å². The lowest BCUT2D eigenvalue weighted by atomic mass is 10.1. The topological polar surface area (TPSA) is 120 Å². The van der Waals surface area contributed by atoms with Gasteiger partial charge in [-0.2, -0.15) is 5.06 Å². The Morgan fingerprint density at radius 2 is 2.12 bits per heavy atom. The van der Waals surface area contributed by atoms with Crippen molar-refractivity contribution in [3.05, 3.63) is 47.0 Å². The summed E-state index contributed by atoms with van der Waals surface area (Å²) in [4.78, 5) is 55.8. The molecule has 1 aromatic rings. The molecule has 0 aromatic heterocycles. The Bertz CT molecular complexity index is 1030. The predicted molar refractivity (Wildman–Crippen MR) is 111 cm³/mol. The number of nitrogens with zero attached hydrogens (tertiary/aromatic N) is 1. The molecule has 0 spiro atoms. The monoisotopic (exact) mass is 480 g/mol. The van der Waals surface area contributed by atoms with Crippen molar-refractivity contribution in [3.8, 4) is 0 Å². The molecule has 32 heavy (non-hydrogen) atoms. The first-order chi connectivity index (χ1) is 15.4. The van der Waals surface area contributed by atoms with E-state index in [1.165, 1.54) is 11.6 Å². The summed E-state index contributed by atoms with van der Waals surface area (Å²) in [6.07, 6.45) is 0.222. The molecule has 4 rings (SSSR count). The van der Waals surface area contributed by atoms with Gasteiger partial charge in [0.2, 0.25) is 0 Å². The molecule has 168 valence electrons. The van der Waals surface area contributed by atoms with Crippen LogP contribution in [0.4, 0.5) is 0 Å². The fourth-order valence-electron chi connectivity index (χ4n) is 3.54. The zero-order valence-corrected chi connectivity index (χ0v) is 18.0. The van der Waals surface area contributed by atoms with Crippen molar-refractivity contribution < 1.29 is 38.2 Å². The number of amides is 1. The number of hydrogen-bond donors (Lipinski definition) is 1. The smallest absolute Gasteiger partial charge is 0.378 e. The highest BCUT2D eigenvalue weighted by Gasteiger charge is 2.60. The number of carbonyl (C=O) groups is 4. The zero-order valence-electron chi connectivity index (χ0n) is 16.4. The summed E-state index contributed by atoms with van der Waals surface area (Å²) in [5, 5.41) is 3.51. The minimum Gasteiger partial charge on any atom is -0.425 e. The molecule has 3 atom stereocenters. The van der Waals surface area contributed by atoms with E-state index in [1.54, 1.807) is 24.3 Å². The van der Waals surface area contributed by atoms with Crippen molar-refractivity contribution in [2.24, 2.45) is 0 Å². The summed E-state index contributed by atoms with van der Waals surface area (Å²) >= 11 is 10.6. The number of fused-ring (bicyclic) bond motifs is 1. The average Bonchev–Trinajstić information content (AvgIpc) is 3.44. The van der Waals surface area contributed by atoms with E-state index in [4.69, 9.17) is 42.9 Å². The summed E-state index contributed by atoms with van der Waals surface area (Å²) in [5.74, 6) is -3.13. The first kappa shape index (κ1) is 22.2. The normalized spacial score (nSPS) is 26.8. The number of ether oxygens (including phenoxy) is 3. The van der Waals surface area contributed by atoms with Crippen LogP contribution in [-0.2, 0) is 33.4 Å². The molecule has 2 saturated heterocycles. The third-order valence-corrected chi connectivity index (χ3v) is 5.52. The second-order valence-corrected chi connectivity index (χ2v) is 7.85. The fourth-order valence-corrected chi connectivity index (χ4v) is 3.86. The van der Waals surface area contributed by atoms with Crippen molar-refractivity contribution >= 4 is 52.6 Å². The van der Waals surface area contributed by atoms with Crippen LogP contribution in [0, 0.1) is 0 Å². The molecule has 2 fully saturated rings. The second kappa shape index (κ2) is 8.85. The van der Waals surface area contributed by atoms with E-state index in [1.807, 2.05) is 0 Å². The van der Waals surface area contributed by atoms with E-state index in [0.717, 1.165) is 0 Å². The Kier molecular flexibility index (Phi) is 6.13. The van der Waals surface area contributed by atoms with E-state index in [-0.39, 0.29) is 25.0 Å². The lowest BCUT2D eigenvalue weighted by Crippen LogP contribution is -2.57. The van der Waals surface area contributed by atoms with Gasteiger partial charge in [-0.1, -0.05) is 48.1 Å². The molecule has 12 heteroatoms. The van der Waals surface area contributed by atoms with Gasteiger partial charge >= 0.3 is 23.6 Å². The highest BCUT2D eigenvalue weighted by Crippen LogP contribution is 2.38. The van der Waals surface area contributed by atoms with E-state index in [0.29, 0.717) is 22.0 Å². The molecule has 3 aliphatic rings. The van der Waals surface area contributed by atoms with Gasteiger partial charge in [0.15, 0.2) is 0 Å². The standard InChI is InChI=1S/C20H17ClN2O8S/c21-9-3-6-14(32)22-13-10-28-23(16(13)25)20(8-7-15(24)31-20)19(27)30-18-12-5-2-1-4-11(12)17(26)29-18/h1-5,9,13,18H,6-8,10H2,(H,22,32)/b9-3-/t13-,18?,20?/m0/s1. The first-order valence-corrected chi connectivity index (χ1v) is 10.4. The number of thiocarbonyl (C=S) groups is 1. The van der Waals surface area contributed by atoms with Gasteiger partial charge in [0.05, 0.1) is 17.0 Å². The third kappa shape index (κ3) is 3.94. The number of halogens is 1. The van der Waals surface area contributed by atoms with Crippen LogP contribution in [0.25, 0.3) is 0 Å². The van der Waals surface area contributed by atoms with Gasteiger partial charge < -0.3 is 19.5 Å². The van der Waals surface area contributed by atoms with Crippen molar-refractivity contribution in [1.82, 2.24) is 10.4 Å². The number of hydrogen-bond acceptors (Lipinski definition) is 9. The number of carbonyl (C=O) groups excluding carboxylic acids is 4. The van der Waals surface area contributed by atoms with E-state index < -0.39 is 41.9 Å². The summed E-state index contributed by atoms with van der Waals surface area (Å²) < 4.78 is 15.7. The van der Waals surface area contributed by atoms with Gasteiger partial charge in [0, 0.05) is 23.9 Å².